The van der Waals surface area contributed by atoms with E-state index in [4.69, 9.17) is 5.73 Å². The molecular formula is C9H17F3N2O. The monoisotopic (exact) mass is 226 g/mol. The molecule has 0 saturated carbocycles. The second-order valence-corrected chi connectivity index (χ2v) is 3.83. The number of carbonyl (C=O) groups excluding carboxylic acids is 1. The summed E-state index contributed by atoms with van der Waals surface area (Å²) in [4.78, 5) is 11.0. The second kappa shape index (κ2) is 5.95. The number of rotatable bonds is 5. The van der Waals surface area contributed by atoms with E-state index in [2.05, 4.69) is 5.32 Å². The molecule has 3 nitrogen and oxygen atoms in total. The van der Waals surface area contributed by atoms with Gasteiger partial charge in [0.2, 0.25) is 5.91 Å². The molecule has 3 N–H and O–H groups in total. The fourth-order valence-corrected chi connectivity index (χ4v) is 0.811. The molecule has 90 valence electrons. The summed E-state index contributed by atoms with van der Waals surface area (Å²) in [7, 11) is 0. The molecule has 1 unspecified atom stereocenters. The summed E-state index contributed by atoms with van der Waals surface area (Å²) in [5.74, 6) is -0.420. The minimum Gasteiger partial charge on any atom is -0.355 e. The van der Waals surface area contributed by atoms with Crippen LogP contribution < -0.4 is 11.1 Å². The van der Waals surface area contributed by atoms with Gasteiger partial charge in [0.05, 0.1) is 6.42 Å². The van der Waals surface area contributed by atoms with Gasteiger partial charge in [-0.15, -0.1) is 0 Å². The molecule has 0 rings (SSSR count). The summed E-state index contributed by atoms with van der Waals surface area (Å²) in [6.07, 6.45) is -5.90. The fraction of sp³-hybridized carbons (Fsp3) is 0.889. The molecule has 0 radical (unpaired) electrons. The Morgan fingerprint density at radius 2 is 1.93 bits per heavy atom. The standard InChI is InChI=1S/C9H17F3N2O/c1-6(2)7(13)5-14-8(15)3-4-9(10,11)12/h6-7H,3-5,13H2,1-2H3,(H,14,15). The first kappa shape index (κ1) is 14.2. The Hall–Kier alpha value is -0.780. The van der Waals surface area contributed by atoms with E-state index in [1.165, 1.54) is 0 Å². The van der Waals surface area contributed by atoms with Crippen molar-refractivity contribution >= 4 is 5.91 Å². The van der Waals surface area contributed by atoms with Crippen LogP contribution in [0.1, 0.15) is 26.7 Å². The molecule has 0 spiro atoms. The Kier molecular flexibility index (Phi) is 5.64. The summed E-state index contributed by atoms with van der Waals surface area (Å²) in [6, 6.07) is -0.222. The number of amides is 1. The maximum Gasteiger partial charge on any atom is 0.389 e. The van der Waals surface area contributed by atoms with Crippen LogP contribution in [0.25, 0.3) is 0 Å². The normalized spacial score (nSPS) is 14.1. The van der Waals surface area contributed by atoms with Gasteiger partial charge < -0.3 is 11.1 Å². The van der Waals surface area contributed by atoms with E-state index in [9.17, 15) is 18.0 Å². The Morgan fingerprint density at radius 1 is 1.40 bits per heavy atom. The average Bonchev–Trinajstić information content (AvgIpc) is 2.09. The van der Waals surface area contributed by atoms with Crippen LogP contribution in [0.15, 0.2) is 0 Å². The van der Waals surface area contributed by atoms with Crippen molar-refractivity contribution in [3.05, 3.63) is 0 Å². The molecule has 0 aromatic carbocycles. The zero-order valence-electron chi connectivity index (χ0n) is 8.90. The van der Waals surface area contributed by atoms with Gasteiger partial charge in [0.15, 0.2) is 0 Å². The van der Waals surface area contributed by atoms with Crippen LogP contribution in [0.3, 0.4) is 0 Å². The predicted octanol–water partition coefficient (Wildman–Crippen LogP) is 1.43. The number of hydrogen-bond donors (Lipinski definition) is 2. The lowest BCUT2D eigenvalue weighted by Crippen LogP contribution is -2.40. The van der Waals surface area contributed by atoms with Crippen LogP contribution in [-0.2, 0) is 4.79 Å². The molecule has 1 amide bonds. The van der Waals surface area contributed by atoms with Crippen molar-refractivity contribution in [2.45, 2.75) is 38.9 Å². The van der Waals surface area contributed by atoms with Crippen LogP contribution >= 0.6 is 0 Å². The smallest absolute Gasteiger partial charge is 0.355 e. The van der Waals surface area contributed by atoms with Crippen LogP contribution in [0, 0.1) is 5.92 Å². The lowest BCUT2D eigenvalue weighted by molar-refractivity contribution is -0.144. The maximum absolute atomic E-state index is 11.7. The van der Waals surface area contributed by atoms with Gasteiger partial charge in [-0.1, -0.05) is 13.8 Å². The SMILES string of the molecule is CC(C)C(N)CNC(=O)CCC(F)(F)F. The summed E-state index contributed by atoms with van der Waals surface area (Å²) in [5, 5.41) is 2.37. The molecule has 15 heavy (non-hydrogen) atoms. The largest absolute Gasteiger partial charge is 0.389 e. The molecule has 0 aromatic heterocycles. The van der Waals surface area contributed by atoms with Crippen molar-refractivity contribution in [1.29, 1.82) is 0 Å². The lowest BCUT2D eigenvalue weighted by Gasteiger charge is -2.16. The van der Waals surface area contributed by atoms with E-state index in [0.29, 0.717) is 0 Å². The van der Waals surface area contributed by atoms with E-state index in [1.54, 1.807) is 0 Å². The molecule has 0 fully saturated rings. The van der Waals surface area contributed by atoms with Gasteiger partial charge in [-0.2, -0.15) is 13.2 Å². The Labute approximate surface area is 87.2 Å². The first-order chi connectivity index (χ1) is 6.72. The molecular weight excluding hydrogens is 209 g/mol. The van der Waals surface area contributed by atoms with Crippen molar-refractivity contribution in [1.82, 2.24) is 5.32 Å². The molecule has 0 aliphatic carbocycles. The van der Waals surface area contributed by atoms with Crippen LogP contribution in [0.4, 0.5) is 13.2 Å². The van der Waals surface area contributed by atoms with Gasteiger partial charge in [0.25, 0.3) is 0 Å². The Morgan fingerprint density at radius 3 is 2.33 bits per heavy atom. The first-order valence-corrected chi connectivity index (χ1v) is 4.81. The summed E-state index contributed by atoms with van der Waals surface area (Å²) < 4.78 is 35.2. The van der Waals surface area contributed by atoms with Crippen LogP contribution in [-0.4, -0.2) is 24.7 Å². The lowest BCUT2D eigenvalue weighted by atomic mass is 10.1. The van der Waals surface area contributed by atoms with Crippen LogP contribution in [0.2, 0.25) is 0 Å². The van der Waals surface area contributed by atoms with E-state index >= 15 is 0 Å². The number of hydrogen-bond acceptors (Lipinski definition) is 2. The van der Waals surface area contributed by atoms with Gasteiger partial charge in [-0.3, -0.25) is 4.79 Å². The molecule has 0 saturated heterocycles. The minimum atomic E-state index is -4.28. The Balaban J connectivity index is 3.67. The number of alkyl halides is 3. The average molecular weight is 226 g/mol. The second-order valence-electron chi connectivity index (χ2n) is 3.83. The highest BCUT2D eigenvalue weighted by atomic mass is 19.4. The van der Waals surface area contributed by atoms with E-state index < -0.39 is 24.9 Å². The number of nitrogens with one attached hydrogen (secondary N) is 1. The minimum absolute atomic E-state index is 0.188. The highest BCUT2D eigenvalue weighted by molar-refractivity contribution is 5.75. The number of halogens is 3. The van der Waals surface area contributed by atoms with E-state index in [1.807, 2.05) is 13.8 Å². The summed E-state index contributed by atoms with van der Waals surface area (Å²) in [5.41, 5.74) is 5.61. The molecule has 0 heterocycles. The molecule has 0 aliphatic heterocycles. The fourth-order valence-electron chi connectivity index (χ4n) is 0.811. The van der Waals surface area contributed by atoms with E-state index in [0.717, 1.165) is 0 Å². The van der Waals surface area contributed by atoms with Crippen molar-refractivity contribution in [3.63, 3.8) is 0 Å². The van der Waals surface area contributed by atoms with Crippen molar-refractivity contribution in [2.24, 2.45) is 11.7 Å². The third kappa shape index (κ3) is 8.23. The highest BCUT2D eigenvalue weighted by Gasteiger charge is 2.27. The zero-order valence-corrected chi connectivity index (χ0v) is 8.90. The summed E-state index contributed by atoms with van der Waals surface area (Å²) in [6.45, 7) is 3.98. The predicted molar refractivity (Wildman–Crippen MR) is 51.1 cm³/mol. The highest BCUT2D eigenvalue weighted by Crippen LogP contribution is 2.20. The third-order valence-corrected chi connectivity index (χ3v) is 2.03. The number of nitrogens with two attached hydrogens (primary N) is 1. The van der Waals surface area contributed by atoms with Crippen molar-refractivity contribution < 1.29 is 18.0 Å². The molecule has 1 atom stereocenters. The maximum atomic E-state index is 11.7. The van der Waals surface area contributed by atoms with Gasteiger partial charge >= 0.3 is 6.18 Å². The van der Waals surface area contributed by atoms with Gasteiger partial charge in [0.1, 0.15) is 0 Å². The quantitative estimate of drug-likeness (QED) is 0.745. The van der Waals surface area contributed by atoms with Gasteiger partial charge in [0, 0.05) is 19.0 Å². The van der Waals surface area contributed by atoms with Crippen molar-refractivity contribution in [2.75, 3.05) is 6.54 Å². The Bertz CT molecular complexity index is 204. The van der Waals surface area contributed by atoms with Crippen molar-refractivity contribution in [3.8, 4) is 0 Å². The topological polar surface area (TPSA) is 55.1 Å². The molecule has 0 bridgehead atoms. The van der Waals surface area contributed by atoms with Gasteiger partial charge in [-0.25, -0.2) is 0 Å². The number of carbonyl (C=O) groups is 1. The third-order valence-electron chi connectivity index (χ3n) is 2.03. The molecule has 0 aliphatic rings. The molecule has 0 aromatic rings. The molecule has 6 heteroatoms. The summed E-state index contributed by atoms with van der Waals surface area (Å²) >= 11 is 0. The van der Waals surface area contributed by atoms with Crippen LogP contribution in [0.5, 0.6) is 0 Å². The van der Waals surface area contributed by atoms with Gasteiger partial charge in [-0.05, 0) is 5.92 Å². The first-order valence-electron chi connectivity index (χ1n) is 4.81. The zero-order chi connectivity index (χ0) is 12.1. The van der Waals surface area contributed by atoms with E-state index in [-0.39, 0.29) is 18.5 Å².